The summed E-state index contributed by atoms with van der Waals surface area (Å²) < 4.78 is 128. The molecule has 3 rings (SSSR count). The van der Waals surface area contributed by atoms with Crippen LogP contribution in [0.4, 0.5) is 50.0 Å². The fraction of sp³-hybridized carbons (Fsp3) is 0.480. The minimum absolute atomic E-state index is 0.0244. The smallest absolute Gasteiger partial charge is 0.416 e. The molecule has 13 heteroatoms. The van der Waals surface area contributed by atoms with E-state index in [9.17, 15) is 44.3 Å². The lowest BCUT2D eigenvalue weighted by Gasteiger charge is -2.50. The fourth-order valence-electron chi connectivity index (χ4n) is 4.57. The quantitative estimate of drug-likeness (QED) is 0.379. The lowest BCUT2D eigenvalue weighted by molar-refractivity contribution is -0.192. The maximum Gasteiger partial charge on any atom is 0.416 e. The number of hydrogen-bond acceptors (Lipinski definition) is 3. The summed E-state index contributed by atoms with van der Waals surface area (Å²) in [4.78, 5) is 13.5. The Morgan fingerprint density at radius 2 is 1.55 bits per heavy atom. The number of hydrogen-bond donors (Lipinski definition) is 1. The van der Waals surface area contributed by atoms with Gasteiger partial charge in [-0.05, 0) is 62.1 Å². The molecule has 1 aliphatic heterocycles. The normalized spacial score (nSPS) is 20.4. The van der Waals surface area contributed by atoms with E-state index in [0.717, 1.165) is 0 Å². The molecule has 1 N–H and O–H groups in total. The first kappa shape index (κ1) is 29.6. The molecule has 38 heavy (non-hydrogen) atoms. The van der Waals surface area contributed by atoms with Crippen molar-refractivity contribution in [2.75, 3.05) is 4.90 Å². The minimum atomic E-state index is -5.07. The second-order valence-corrected chi connectivity index (χ2v) is 9.26. The van der Waals surface area contributed by atoms with Gasteiger partial charge in [0.1, 0.15) is 5.54 Å². The average Bonchev–Trinajstić information content (AvgIpc) is 2.79. The average molecular weight is 556 g/mol. The van der Waals surface area contributed by atoms with E-state index in [1.807, 2.05) is 0 Å². The molecule has 0 saturated carbocycles. The first-order valence-corrected chi connectivity index (χ1v) is 11.6. The van der Waals surface area contributed by atoms with Gasteiger partial charge in [-0.2, -0.15) is 39.5 Å². The molecule has 0 aromatic heterocycles. The maximum atomic E-state index is 14.6. The summed E-state index contributed by atoms with van der Waals surface area (Å²) in [5.41, 5.74) is -6.15. The fourth-order valence-corrected chi connectivity index (χ4v) is 4.57. The molecule has 2 aromatic rings. The van der Waals surface area contributed by atoms with E-state index in [0.29, 0.717) is 17.0 Å². The third-order valence-corrected chi connectivity index (χ3v) is 6.35. The molecule has 1 amide bonds. The van der Waals surface area contributed by atoms with Crippen LogP contribution >= 0.6 is 0 Å². The molecule has 0 spiro atoms. The van der Waals surface area contributed by atoms with Gasteiger partial charge in [0, 0.05) is 12.6 Å². The molecular weight excluding hydrogens is 531 g/mol. The Kier molecular flexibility index (Phi) is 8.03. The van der Waals surface area contributed by atoms with Crippen LogP contribution in [0.25, 0.3) is 0 Å². The van der Waals surface area contributed by atoms with Gasteiger partial charge in [-0.1, -0.05) is 25.1 Å². The molecule has 0 unspecified atom stereocenters. The monoisotopic (exact) mass is 556 g/mol. The zero-order valence-electron chi connectivity index (χ0n) is 20.5. The third-order valence-electron chi connectivity index (χ3n) is 6.35. The molecule has 0 fully saturated rings. The Hall–Kier alpha value is -2.96. The van der Waals surface area contributed by atoms with Crippen molar-refractivity contribution in [3.8, 4) is 0 Å². The van der Waals surface area contributed by atoms with Gasteiger partial charge in [0.05, 0.1) is 22.9 Å². The zero-order chi connectivity index (χ0) is 28.7. The van der Waals surface area contributed by atoms with Gasteiger partial charge in [-0.25, -0.2) is 4.79 Å². The van der Waals surface area contributed by atoms with E-state index in [4.69, 9.17) is 4.74 Å². The number of alkyl halides is 9. The number of anilines is 1. The van der Waals surface area contributed by atoms with Crippen LogP contribution in [0.1, 0.15) is 61.9 Å². The standard InChI is InChI=1S/C25H25F9N2O2/c1-4-22(25(32,33)34)12-19(18-7-5-6-8-20(18)36(22)21(37)38-14(2)3)35-13-15-9-16(23(26,27)28)11-17(10-15)24(29,30)31/h5-11,14,19,35H,4,12-13H2,1-3H3/t19-,22+/m0/s1. The summed E-state index contributed by atoms with van der Waals surface area (Å²) in [5.74, 6) is 0. The number of carbonyl (C=O) groups excluding carboxylic acids is 1. The Balaban J connectivity index is 2.07. The van der Waals surface area contributed by atoms with Gasteiger partial charge in [-0.15, -0.1) is 0 Å². The first-order valence-electron chi connectivity index (χ1n) is 11.6. The second-order valence-electron chi connectivity index (χ2n) is 9.26. The molecule has 210 valence electrons. The van der Waals surface area contributed by atoms with Crippen molar-refractivity contribution in [3.05, 3.63) is 64.7 Å². The first-order chi connectivity index (χ1) is 17.4. The number of fused-ring (bicyclic) bond motifs is 1. The Morgan fingerprint density at radius 3 is 2.03 bits per heavy atom. The highest BCUT2D eigenvalue weighted by atomic mass is 19.4. The van der Waals surface area contributed by atoms with E-state index in [1.165, 1.54) is 45.0 Å². The van der Waals surface area contributed by atoms with Gasteiger partial charge in [-0.3, -0.25) is 4.90 Å². The van der Waals surface area contributed by atoms with Crippen LogP contribution in [0, 0.1) is 0 Å². The molecule has 1 aliphatic rings. The number of amides is 1. The summed E-state index contributed by atoms with van der Waals surface area (Å²) in [6.45, 7) is 3.59. The number of nitrogens with zero attached hydrogens (tertiary/aromatic N) is 1. The van der Waals surface area contributed by atoms with Crippen LogP contribution in [-0.4, -0.2) is 23.9 Å². The van der Waals surface area contributed by atoms with Crippen LogP contribution in [0.2, 0.25) is 0 Å². The summed E-state index contributed by atoms with van der Waals surface area (Å²) in [5, 5.41) is 2.70. The number of nitrogens with one attached hydrogen (secondary N) is 1. The summed E-state index contributed by atoms with van der Waals surface area (Å²) in [7, 11) is 0. The minimum Gasteiger partial charge on any atom is -0.446 e. The van der Waals surface area contributed by atoms with Gasteiger partial charge in [0.2, 0.25) is 0 Å². The topological polar surface area (TPSA) is 41.6 Å². The summed E-state index contributed by atoms with van der Waals surface area (Å²) in [6.07, 6.45) is -18.4. The van der Waals surface area contributed by atoms with E-state index >= 15 is 0 Å². The van der Waals surface area contributed by atoms with E-state index in [1.54, 1.807) is 0 Å². The molecule has 2 atom stereocenters. The van der Waals surface area contributed by atoms with Gasteiger partial charge < -0.3 is 10.1 Å². The lowest BCUT2D eigenvalue weighted by atomic mass is 9.78. The molecule has 2 aromatic carbocycles. The number of para-hydroxylation sites is 1. The van der Waals surface area contributed by atoms with Crippen molar-refractivity contribution >= 4 is 11.8 Å². The number of benzene rings is 2. The summed E-state index contributed by atoms with van der Waals surface area (Å²) in [6, 6.07) is 5.47. The predicted molar refractivity (Wildman–Crippen MR) is 120 cm³/mol. The van der Waals surface area contributed by atoms with Gasteiger partial charge in [0.15, 0.2) is 0 Å². The predicted octanol–water partition coefficient (Wildman–Crippen LogP) is 8.02. The molecule has 0 saturated heterocycles. The Labute approximate surface area is 212 Å². The van der Waals surface area contributed by atoms with E-state index < -0.39 is 78.4 Å². The summed E-state index contributed by atoms with van der Waals surface area (Å²) >= 11 is 0. The highest BCUT2D eigenvalue weighted by Gasteiger charge is 2.63. The molecule has 0 radical (unpaired) electrons. The number of ether oxygens (including phenoxy) is 1. The Bertz CT molecular complexity index is 1130. The van der Waals surface area contributed by atoms with Crippen LogP contribution < -0.4 is 10.2 Å². The van der Waals surface area contributed by atoms with Crippen LogP contribution in [0.3, 0.4) is 0 Å². The molecule has 0 bridgehead atoms. The number of carbonyl (C=O) groups is 1. The number of rotatable bonds is 5. The van der Waals surface area contributed by atoms with Gasteiger partial charge >= 0.3 is 24.6 Å². The zero-order valence-corrected chi connectivity index (χ0v) is 20.5. The molecule has 4 nitrogen and oxygen atoms in total. The van der Waals surface area contributed by atoms with E-state index in [-0.39, 0.29) is 17.3 Å². The number of halogens is 9. The SMILES string of the molecule is CC[C@]1(C(F)(F)F)C[C@H](NCc2cc(C(F)(F)F)cc(C(F)(F)F)c2)c2ccccc2N1C(=O)OC(C)C. The van der Waals surface area contributed by atoms with Crippen molar-refractivity contribution < 1.29 is 49.0 Å². The third kappa shape index (κ3) is 5.87. The van der Waals surface area contributed by atoms with Crippen LogP contribution in [0.5, 0.6) is 0 Å². The van der Waals surface area contributed by atoms with Crippen LogP contribution in [0.15, 0.2) is 42.5 Å². The van der Waals surface area contributed by atoms with Crippen molar-refractivity contribution in [2.45, 2.75) is 76.4 Å². The van der Waals surface area contributed by atoms with Crippen molar-refractivity contribution in [1.82, 2.24) is 5.32 Å². The Morgan fingerprint density at radius 1 is 1.00 bits per heavy atom. The second kappa shape index (κ2) is 10.3. The van der Waals surface area contributed by atoms with Crippen LogP contribution in [-0.2, 0) is 23.6 Å². The maximum absolute atomic E-state index is 14.6. The highest BCUT2D eigenvalue weighted by Crippen LogP contribution is 2.52. The van der Waals surface area contributed by atoms with Crippen molar-refractivity contribution in [2.24, 2.45) is 0 Å². The molecule has 0 aliphatic carbocycles. The molecular formula is C25H25F9N2O2. The highest BCUT2D eigenvalue weighted by molar-refractivity contribution is 5.91. The van der Waals surface area contributed by atoms with E-state index in [2.05, 4.69) is 5.32 Å². The van der Waals surface area contributed by atoms with Crippen molar-refractivity contribution in [1.29, 1.82) is 0 Å². The van der Waals surface area contributed by atoms with Crippen molar-refractivity contribution in [3.63, 3.8) is 0 Å². The molecule has 1 heterocycles. The lowest BCUT2D eigenvalue weighted by Crippen LogP contribution is -2.64. The van der Waals surface area contributed by atoms with Gasteiger partial charge in [0.25, 0.3) is 0 Å². The largest absolute Gasteiger partial charge is 0.446 e.